The molecule has 1 aromatic rings. The Morgan fingerprint density at radius 1 is 1.10 bits per heavy atom. The van der Waals surface area contributed by atoms with Gasteiger partial charge in [-0.2, -0.15) is 0 Å². The average Bonchev–Trinajstić information content (AvgIpc) is 2.52. The first-order chi connectivity index (χ1) is 9.81. The van der Waals surface area contributed by atoms with Gasteiger partial charge in [0.05, 0.1) is 20.8 Å². The normalized spacial score (nSPS) is 18.8. The fourth-order valence-corrected chi connectivity index (χ4v) is 2.54. The average molecular weight is 279 g/mol. The quantitative estimate of drug-likeness (QED) is 0.779. The molecule has 0 amide bonds. The number of benzene rings is 1. The predicted molar refractivity (Wildman–Crippen MR) is 79.5 cm³/mol. The number of rotatable bonds is 7. The van der Waals surface area contributed by atoms with Crippen LogP contribution in [-0.2, 0) is 11.3 Å². The summed E-state index contributed by atoms with van der Waals surface area (Å²) in [5, 5.41) is 3.53. The van der Waals surface area contributed by atoms with Gasteiger partial charge in [-0.1, -0.05) is 6.42 Å². The van der Waals surface area contributed by atoms with Crippen LogP contribution < -0.4 is 14.8 Å². The molecule has 0 spiro atoms. The number of hydrogen-bond donors (Lipinski definition) is 1. The van der Waals surface area contributed by atoms with Gasteiger partial charge in [0.2, 0.25) is 0 Å². The highest BCUT2D eigenvalue weighted by Gasteiger charge is 2.11. The van der Waals surface area contributed by atoms with Crippen molar-refractivity contribution < 1.29 is 14.2 Å². The second kappa shape index (κ2) is 8.12. The zero-order valence-electron chi connectivity index (χ0n) is 12.5. The number of ether oxygens (including phenoxy) is 3. The second-order valence-corrected chi connectivity index (χ2v) is 5.21. The number of hydrogen-bond acceptors (Lipinski definition) is 4. The third-order valence-electron chi connectivity index (χ3n) is 3.70. The summed E-state index contributed by atoms with van der Waals surface area (Å²) in [6.45, 7) is 2.54. The van der Waals surface area contributed by atoms with E-state index >= 15 is 0 Å². The molecule has 1 fully saturated rings. The van der Waals surface area contributed by atoms with Crippen LogP contribution in [0.4, 0.5) is 0 Å². The van der Waals surface area contributed by atoms with Crippen LogP contribution in [0.15, 0.2) is 18.2 Å². The van der Waals surface area contributed by atoms with Gasteiger partial charge in [-0.25, -0.2) is 0 Å². The Balaban J connectivity index is 1.75. The van der Waals surface area contributed by atoms with Crippen LogP contribution in [0.25, 0.3) is 0 Å². The van der Waals surface area contributed by atoms with Crippen LogP contribution in [0.1, 0.15) is 31.2 Å². The summed E-state index contributed by atoms with van der Waals surface area (Å²) in [4.78, 5) is 0. The molecule has 4 nitrogen and oxygen atoms in total. The van der Waals surface area contributed by atoms with E-state index in [0.717, 1.165) is 36.6 Å². The summed E-state index contributed by atoms with van der Waals surface area (Å²) in [7, 11) is 3.32. The molecule has 112 valence electrons. The van der Waals surface area contributed by atoms with E-state index in [9.17, 15) is 0 Å². The zero-order valence-corrected chi connectivity index (χ0v) is 12.5. The van der Waals surface area contributed by atoms with Crippen molar-refractivity contribution in [2.45, 2.75) is 38.3 Å². The van der Waals surface area contributed by atoms with Crippen LogP contribution in [0.3, 0.4) is 0 Å². The maximum absolute atomic E-state index is 5.77. The number of nitrogens with one attached hydrogen (secondary N) is 1. The Hall–Kier alpha value is -1.26. The van der Waals surface area contributed by atoms with E-state index in [2.05, 4.69) is 5.32 Å². The lowest BCUT2D eigenvalue weighted by molar-refractivity contribution is 0.108. The zero-order chi connectivity index (χ0) is 14.2. The molecule has 0 saturated carbocycles. The van der Waals surface area contributed by atoms with Crippen molar-refractivity contribution in [1.29, 1.82) is 0 Å². The molecule has 0 aliphatic carbocycles. The Morgan fingerprint density at radius 3 is 2.45 bits per heavy atom. The second-order valence-electron chi connectivity index (χ2n) is 5.21. The van der Waals surface area contributed by atoms with Crippen LogP contribution in [0.5, 0.6) is 11.5 Å². The summed E-state index contributed by atoms with van der Waals surface area (Å²) < 4.78 is 16.3. The van der Waals surface area contributed by atoms with Gasteiger partial charge >= 0.3 is 0 Å². The summed E-state index contributed by atoms with van der Waals surface area (Å²) >= 11 is 0. The van der Waals surface area contributed by atoms with Gasteiger partial charge in [-0.15, -0.1) is 0 Å². The van der Waals surface area contributed by atoms with Crippen LogP contribution in [0.2, 0.25) is 0 Å². The molecular weight excluding hydrogens is 254 g/mol. The standard InChI is InChI=1S/C16H25NO3/c1-18-15-9-13(10-16(11-15)19-2)12-20-8-6-14-5-3-4-7-17-14/h9-11,14,17H,3-8,12H2,1-2H3/t14-/m1/s1. The van der Waals surface area contributed by atoms with Gasteiger partial charge in [-0.05, 0) is 43.5 Å². The van der Waals surface area contributed by atoms with Crippen molar-refractivity contribution >= 4 is 0 Å². The maximum atomic E-state index is 5.77. The molecule has 1 aromatic carbocycles. The minimum Gasteiger partial charge on any atom is -0.497 e. The summed E-state index contributed by atoms with van der Waals surface area (Å²) in [6, 6.07) is 6.47. The lowest BCUT2D eigenvalue weighted by atomic mass is 10.0. The highest BCUT2D eigenvalue weighted by molar-refractivity contribution is 5.38. The fourth-order valence-electron chi connectivity index (χ4n) is 2.54. The van der Waals surface area contributed by atoms with E-state index in [1.54, 1.807) is 14.2 Å². The molecule has 0 unspecified atom stereocenters. The maximum Gasteiger partial charge on any atom is 0.122 e. The van der Waals surface area contributed by atoms with Gasteiger partial charge in [0, 0.05) is 18.7 Å². The van der Waals surface area contributed by atoms with Gasteiger partial charge in [-0.3, -0.25) is 0 Å². The molecule has 20 heavy (non-hydrogen) atoms. The third-order valence-corrected chi connectivity index (χ3v) is 3.70. The van der Waals surface area contributed by atoms with Gasteiger partial charge in [0.1, 0.15) is 11.5 Å². The van der Waals surface area contributed by atoms with Crippen LogP contribution in [-0.4, -0.2) is 33.4 Å². The molecule has 1 atom stereocenters. The first-order valence-corrected chi connectivity index (χ1v) is 7.35. The minimum atomic E-state index is 0.598. The van der Waals surface area contributed by atoms with E-state index in [-0.39, 0.29) is 0 Å². The van der Waals surface area contributed by atoms with E-state index in [1.165, 1.54) is 19.3 Å². The van der Waals surface area contributed by atoms with Gasteiger partial charge in [0.25, 0.3) is 0 Å². The third kappa shape index (κ3) is 4.69. The van der Waals surface area contributed by atoms with Crippen molar-refractivity contribution in [3.63, 3.8) is 0 Å². The smallest absolute Gasteiger partial charge is 0.122 e. The van der Waals surface area contributed by atoms with Gasteiger partial charge < -0.3 is 19.5 Å². The van der Waals surface area contributed by atoms with Crippen molar-refractivity contribution in [3.05, 3.63) is 23.8 Å². The predicted octanol–water partition coefficient (Wildman–Crippen LogP) is 2.75. The monoisotopic (exact) mass is 279 g/mol. The topological polar surface area (TPSA) is 39.7 Å². The molecule has 1 saturated heterocycles. The van der Waals surface area contributed by atoms with Crippen molar-refractivity contribution in [1.82, 2.24) is 5.32 Å². The van der Waals surface area contributed by atoms with E-state index in [0.29, 0.717) is 12.6 Å². The number of piperidine rings is 1. The lowest BCUT2D eigenvalue weighted by Crippen LogP contribution is -2.34. The SMILES string of the molecule is COc1cc(COCC[C@H]2CCCCN2)cc(OC)c1. The molecule has 0 aromatic heterocycles. The molecule has 2 rings (SSSR count). The molecule has 1 aliphatic heterocycles. The first-order valence-electron chi connectivity index (χ1n) is 7.35. The Labute approximate surface area is 121 Å². The summed E-state index contributed by atoms with van der Waals surface area (Å²) in [5.74, 6) is 1.61. The highest BCUT2D eigenvalue weighted by Crippen LogP contribution is 2.23. The Morgan fingerprint density at radius 2 is 1.85 bits per heavy atom. The molecule has 0 radical (unpaired) electrons. The van der Waals surface area contributed by atoms with E-state index in [4.69, 9.17) is 14.2 Å². The minimum absolute atomic E-state index is 0.598. The van der Waals surface area contributed by atoms with E-state index < -0.39 is 0 Å². The van der Waals surface area contributed by atoms with Crippen molar-refractivity contribution in [2.75, 3.05) is 27.4 Å². The summed E-state index contributed by atoms with van der Waals surface area (Å²) in [6.07, 6.45) is 5.00. The fraction of sp³-hybridized carbons (Fsp3) is 0.625. The largest absolute Gasteiger partial charge is 0.497 e. The summed E-state index contributed by atoms with van der Waals surface area (Å²) in [5.41, 5.74) is 1.08. The van der Waals surface area contributed by atoms with Crippen molar-refractivity contribution in [2.24, 2.45) is 0 Å². The molecule has 1 heterocycles. The highest BCUT2D eigenvalue weighted by atomic mass is 16.5. The first kappa shape index (κ1) is 15.1. The van der Waals surface area contributed by atoms with Crippen molar-refractivity contribution in [3.8, 4) is 11.5 Å². The molecular formula is C16H25NO3. The Kier molecular flexibility index (Phi) is 6.15. The molecule has 1 N–H and O–H groups in total. The molecule has 0 bridgehead atoms. The van der Waals surface area contributed by atoms with Gasteiger partial charge in [0.15, 0.2) is 0 Å². The molecule has 4 heteroatoms. The Bertz CT molecular complexity index is 380. The number of methoxy groups -OCH3 is 2. The molecule has 1 aliphatic rings. The van der Waals surface area contributed by atoms with Crippen LogP contribution in [0, 0.1) is 0 Å². The lowest BCUT2D eigenvalue weighted by Gasteiger charge is -2.23. The van der Waals surface area contributed by atoms with E-state index in [1.807, 2.05) is 18.2 Å². The van der Waals surface area contributed by atoms with Crippen LogP contribution >= 0.6 is 0 Å².